The third kappa shape index (κ3) is 4.26. The summed E-state index contributed by atoms with van der Waals surface area (Å²) < 4.78 is 10.4. The van der Waals surface area contributed by atoms with Gasteiger partial charge in [0.15, 0.2) is 0 Å². The Bertz CT molecular complexity index is 392. The van der Waals surface area contributed by atoms with Crippen LogP contribution in [0, 0.1) is 0 Å². The van der Waals surface area contributed by atoms with E-state index in [4.69, 9.17) is 14.6 Å². The molecule has 1 unspecified atom stereocenters. The number of benzene rings is 1. The van der Waals surface area contributed by atoms with E-state index < -0.39 is 5.97 Å². The summed E-state index contributed by atoms with van der Waals surface area (Å²) in [5.74, 6) is 0.644. The molecule has 94 valence electrons. The minimum Gasteiger partial charge on any atom is -0.497 e. The van der Waals surface area contributed by atoms with Gasteiger partial charge in [-0.05, 0) is 30.2 Å². The van der Waals surface area contributed by atoms with Crippen LogP contribution in [0.4, 0.5) is 0 Å². The lowest BCUT2D eigenvalue weighted by atomic mass is 10.1. The topological polar surface area (TPSA) is 55.8 Å². The fraction of sp³-hybridized carbons (Fsp3) is 0.417. The van der Waals surface area contributed by atoms with Crippen LogP contribution >= 0.6 is 15.9 Å². The first kappa shape index (κ1) is 13.8. The van der Waals surface area contributed by atoms with E-state index in [-0.39, 0.29) is 11.2 Å². The number of alkyl halides is 1. The normalized spacial score (nSPS) is 11.9. The van der Waals surface area contributed by atoms with Gasteiger partial charge >= 0.3 is 5.97 Å². The molecule has 0 saturated carbocycles. The Balaban J connectivity index is 2.83. The van der Waals surface area contributed by atoms with Crippen molar-refractivity contribution in [1.82, 2.24) is 0 Å². The van der Waals surface area contributed by atoms with Crippen LogP contribution in [0.15, 0.2) is 18.2 Å². The number of carboxylic acid groups (broad SMARTS) is 1. The van der Waals surface area contributed by atoms with Crippen molar-refractivity contribution in [3.8, 4) is 11.5 Å². The molecular formula is C12H15BrO4. The van der Waals surface area contributed by atoms with Crippen molar-refractivity contribution in [1.29, 1.82) is 0 Å². The van der Waals surface area contributed by atoms with Crippen molar-refractivity contribution in [2.75, 3.05) is 14.2 Å². The molecule has 1 rings (SSSR count). The number of methoxy groups -OCH3 is 2. The third-order valence-corrected chi connectivity index (χ3v) is 2.97. The van der Waals surface area contributed by atoms with Gasteiger partial charge in [-0.2, -0.15) is 0 Å². The molecule has 17 heavy (non-hydrogen) atoms. The summed E-state index contributed by atoms with van der Waals surface area (Å²) >= 11 is 3.35. The lowest BCUT2D eigenvalue weighted by Crippen LogP contribution is -2.10. The maximum absolute atomic E-state index is 10.6. The Kier molecular flexibility index (Phi) is 5.28. The van der Waals surface area contributed by atoms with Crippen LogP contribution in [0.3, 0.4) is 0 Å². The number of carbonyl (C=O) groups is 1. The zero-order valence-electron chi connectivity index (χ0n) is 9.77. The Labute approximate surface area is 109 Å². The fourth-order valence-electron chi connectivity index (χ4n) is 1.54. The van der Waals surface area contributed by atoms with Gasteiger partial charge in [0.25, 0.3) is 0 Å². The van der Waals surface area contributed by atoms with E-state index in [1.807, 2.05) is 18.2 Å². The minimum absolute atomic E-state index is 0.0698. The monoisotopic (exact) mass is 302 g/mol. The zero-order valence-corrected chi connectivity index (χ0v) is 11.4. The van der Waals surface area contributed by atoms with E-state index in [0.29, 0.717) is 6.42 Å². The van der Waals surface area contributed by atoms with E-state index in [1.54, 1.807) is 14.2 Å². The highest BCUT2D eigenvalue weighted by Gasteiger charge is 2.13. The molecule has 5 heteroatoms. The van der Waals surface area contributed by atoms with Gasteiger partial charge in [0.05, 0.1) is 20.6 Å². The van der Waals surface area contributed by atoms with Gasteiger partial charge < -0.3 is 14.6 Å². The van der Waals surface area contributed by atoms with E-state index in [1.165, 1.54) is 0 Å². The number of aliphatic carboxylic acids is 1. The molecule has 0 fully saturated rings. The summed E-state index contributed by atoms with van der Waals surface area (Å²) in [6, 6.07) is 5.48. The van der Waals surface area contributed by atoms with Crippen molar-refractivity contribution in [3.05, 3.63) is 23.8 Å². The fourth-order valence-corrected chi connectivity index (χ4v) is 2.17. The van der Waals surface area contributed by atoms with E-state index in [0.717, 1.165) is 17.1 Å². The summed E-state index contributed by atoms with van der Waals surface area (Å²) in [6.45, 7) is 0. The molecule has 0 heterocycles. The number of halogens is 1. The molecule has 0 aliphatic rings. The van der Waals surface area contributed by atoms with Gasteiger partial charge in [-0.25, -0.2) is 0 Å². The first-order valence-corrected chi connectivity index (χ1v) is 6.05. The second-order valence-corrected chi connectivity index (χ2v) is 4.87. The van der Waals surface area contributed by atoms with Gasteiger partial charge in [-0.3, -0.25) is 4.79 Å². The van der Waals surface area contributed by atoms with E-state index >= 15 is 0 Å². The highest BCUT2D eigenvalue weighted by molar-refractivity contribution is 9.09. The number of ether oxygens (including phenoxy) is 2. The van der Waals surface area contributed by atoms with Crippen molar-refractivity contribution in [2.24, 2.45) is 0 Å². The average molecular weight is 303 g/mol. The second kappa shape index (κ2) is 6.49. The summed E-state index contributed by atoms with van der Waals surface area (Å²) in [6.07, 6.45) is 0.646. The van der Waals surface area contributed by atoms with Crippen LogP contribution in [0.2, 0.25) is 0 Å². The molecule has 0 bridgehead atoms. The summed E-state index contributed by atoms with van der Waals surface area (Å²) in [5, 5.41) is 8.70. The molecule has 1 aromatic rings. The van der Waals surface area contributed by atoms with Gasteiger partial charge in [0.1, 0.15) is 11.5 Å². The summed E-state index contributed by atoms with van der Waals surface area (Å²) in [7, 11) is 3.18. The van der Waals surface area contributed by atoms with Crippen molar-refractivity contribution < 1.29 is 19.4 Å². The molecule has 0 amide bonds. The molecule has 0 saturated heterocycles. The predicted octanol–water partition coefficient (Wildman–Crippen LogP) is 2.48. The van der Waals surface area contributed by atoms with Crippen LogP contribution in [0.5, 0.6) is 11.5 Å². The molecule has 1 N–H and O–H groups in total. The Hall–Kier alpha value is -1.23. The Morgan fingerprint density at radius 2 is 2.12 bits per heavy atom. The highest BCUT2D eigenvalue weighted by Crippen LogP contribution is 2.27. The van der Waals surface area contributed by atoms with Gasteiger partial charge in [-0.1, -0.05) is 15.9 Å². The van der Waals surface area contributed by atoms with E-state index in [9.17, 15) is 4.79 Å². The standard InChI is InChI=1S/C12H15BrO4/c1-16-10-3-4-11(17-2)8(6-10)5-9(13)7-12(14)15/h3-4,6,9H,5,7H2,1-2H3,(H,14,15). The lowest BCUT2D eigenvalue weighted by Gasteiger charge is -2.12. The summed E-state index contributed by atoms with van der Waals surface area (Å²) in [4.78, 5) is 10.5. The SMILES string of the molecule is COc1ccc(OC)c(CC(Br)CC(=O)O)c1. The maximum atomic E-state index is 10.6. The van der Waals surface area contributed by atoms with Crippen LogP contribution in [-0.4, -0.2) is 30.1 Å². The molecule has 0 spiro atoms. The largest absolute Gasteiger partial charge is 0.497 e. The summed E-state index contributed by atoms with van der Waals surface area (Å²) in [5.41, 5.74) is 0.926. The van der Waals surface area contributed by atoms with Crippen LogP contribution in [0.25, 0.3) is 0 Å². The van der Waals surface area contributed by atoms with Gasteiger partial charge in [0.2, 0.25) is 0 Å². The highest BCUT2D eigenvalue weighted by atomic mass is 79.9. The molecular weight excluding hydrogens is 288 g/mol. The second-order valence-electron chi connectivity index (χ2n) is 3.58. The smallest absolute Gasteiger partial charge is 0.304 e. The predicted molar refractivity (Wildman–Crippen MR) is 68.2 cm³/mol. The molecule has 4 nitrogen and oxygen atoms in total. The van der Waals surface area contributed by atoms with Crippen molar-refractivity contribution in [3.63, 3.8) is 0 Å². The first-order chi connectivity index (χ1) is 8.06. The minimum atomic E-state index is -0.825. The maximum Gasteiger partial charge on any atom is 0.304 e. The molecule has 0 radical (unpaired) electrons. The Morgan fingerprint density at radius 3 is 2.65 bits per heavy atom. The number of hydrogen-bond acceptors (Lipinski definition) is 3. The molecule has 0 aromatic heterocycles. The number of carboxylic acids is 1. The van der Waals surface area contributed by atoms with E-state index in [2.05, 4.69) is 15.9 Å². The molecule has 1 aromatic carbocycles. The van der Waals surface area contributed by atoms with Crippen LogP contribution in [0.1, 0.15) is 12.0 Å². The van der Waals surface area contributed by atoms with Crippen LogP contribution in [-0.2, 0) is 11.2 Å². The zero-order chi connectivity index (χ0) is 12.8. The number of rotatable bonds is 6. The molecule has 1 atom stereocenters. The first-order valence-electron chi connectivity index (χ1n) is 5.13. The quantitative estimate of drug-likeness (QED) is 0.820. The number of hydrogen-bond donors (Lipinski definition) is 1. The molecule has 0 aliphatic carbocycles. The van der Waals surface area contributed by atoms with Gasteiger partial charge in [-0.15, -0.1) is 0 Å². The lowest BCUT2D eigenvalue weighted by molar-refractivity contribution is -0.136. The average Bonchev–Trinajstić information content (AvgIpc) is 2.27. The molecule has 0 aliphatic heterocycles. The van der Waals surface area contributed by atoms with Crippen LogP contribution < -0.4 is 9.47 Å². The van der Waals surface area contributed by atoms with Gasteiger partial charge in [0, 0.05) is 4.83 Å². The van der Waals surface area contributed by atoms with Crippen molar-refractivity contribution in [2.45, 2.75) is 17.7 Å². The van der Waals surface area contributed by atoms with Crippen molar-refractivity contribution >= 4 is 21.9 Å². The Morgan fingerprint density at radius 1 is 1.41 bits per heavy atom. The third-order valence-electron chi connectivity index (χ3n) is 2.33.